The molecule has 0 amide bonds. The summed E-state index contributed by atoms with van der Waals surface area (Å²) in [5.41, 5.74) is 0.781. The average molecular weight is 200 g/mol. The van der Waals surface area contributed by atoms with Crippen molar-refractivity contribution in [2.45, 2.75) is 19.4 Å². The lowest BCUT2D eigenvalue weighted by atomic mass is 10.1. The second kappa shape index (κ2) is 5.38. The Labute approximate surface area is 91.8 Å². The van der Waals surface area contributed by atoms with Crippen molar-refractivity contribution in [2.75, 3.05) is 7.11 Å². The molecular weight excluding hydrogens is 184 g/mol. The molecule has 0 aromatic heterocycles. The first-order valence-electron chi connectivity index (χ1n) is 4.93. The monoisotopic (exact) mass is 200 g/mol. The Hall–Kier alpha value is -1.52. The number of allylic oxidation sites excluding steroid dienone is 1. The first kappa shape index (κ1) is 11.6. The molecule has 1 aromatic rings. The Morgan fingerprint density at radius 2 is 1.87 bits per heavy atom. The molecule has 0 heterocycles. The van der Waals surface area contributed by atoms with Gasteiger partial charge in [0.05, 0.1) is 5.60 Å². The maximum atomic E-state index is 5.24. The van der Waals surface area contributed by atoms with E-state index in [1.165, 1.54) is 0 Å². The van der Waals surface area contributed by atoms with Crippen molar-refractivity contribution in [1.29, 1.82) is 0 Å². The number of rotatable bonds is 2. The van der Waals surface area contributed by atoms with Gasteiger partial charge in [0.2, 0.25) is 0 Å². The normalized spacial score (nSPS) is 11.1. The highest BCUT2D eigenvalue weighted by molar-refractivity contribution is 5.36. The predicted octanol–water partition coefficient (Wildman–Crippen LogP) is 3.02. The lowest BCUT2D eigenvalue weighted by Crippen LogP contribution is -2.18. The van der Waals surface area contributed by atoms with Crippen LogP contribution in [0.15, 0.2) is 42.5 Å². The minimum atomic E-state index is -0.245. The fraction of sp³-hybridized carbons (Fsp3) is 0.286. The fourth-order valence-electron chi connectivity index (χ4n) is 0.957. The van der Waals surface area contributed by atoms with Crippen molar-refractivity contribution < 1.29 is 4.74 Å². The van der Waals surface area contributed by atoms with Gasteiger partial charge >= 0.3 is 0 Å². The van der Waals surface area contributed by atoms with Crippen molar-refractivity contribution >= 4 is 0 Å². The van der Waals surface area contributed by atoms with E-state index in [0.29, 0.717) is 0 Å². The van der Waals surface area contributed by atoms with Crippen LogP contribution in [0.2, 0.25) is 0 Å². The van der Waals surface area contributed by atoms with Crippen molar-refractivity contribution in [3.8, 4) is 11.8 Å². The molecule has 0 atom stereocenters. The molecule has 1 rings (SSSR count). The molecule has 15 heavy (non-hydrogen) atoms. The van der Waals surface area contributed by atoms with Gasteiger partial charge in [0.15, 0.2) is 0 Å². The third-order valence-corrected chi connectivity index (χ3v) is 2.08. The largest absolute Gasteiger partial charge is 0.375 e. The van der Waals surface area contributed by atoms with E-state index in [2.05, 4.69) is 11.8 Å². The highest BCUT2D eigenvalue weighted by Gasteiger charge is 2.09. The molecule has 0 spiro atoms. The van der Waals surface area contributed by atoms with Gasteiger partial charge in [-0.15, -0.1) is 0 Å². The predicted molar refractivity (Wildman–Crippen MR) is 63.5 cm³/mol. The molecule has 0 radical (unpaired) electrons. The van der Waals surface area contributed by atoms with Gasteiger partial charge in [-0.25, -0.2) is 0 Å². The van der Waals surface area contributed by atoms with E-state index in [1.807, 2.05) is 56.3 Å². The third-order valence-electron chi connectivity index (χ3n) is 2.08. The maximum Gasteiger partial charge on any atom is 0.0811 e. The van der Waals surface area contributed by atoms with Gasteiger partial charge in [-0.1, -0.05) is 30.0 Å². The van der Waals surface area contributed by atoms with Gasteiger partial charge in [-0.3, -0.25) is 0 Å². The molecule has 0 bridgehead atoms. The van der Waals surface area contributed by atoms with Gasteiger partial charge in [-0.05, 0) is 38.1 Å². The number of methoxy groups -OCH3 is 1. The minimum absolute atomic E-state index is 0.245. The Morgan fingerprint density at radius 1 is 1.20 bits per heavy atom. The zero-order chi connectivity index (χ0) is 11.1. The molecular formula is C14H16O. The quantitative estimate of drug-likeness (QED) is 0.667. The first-order chi connectivity index (χ1) is 7.14. The van der Waals surface area contributed by atoms with E-state index in [1.54, 1.807) is 7.11 Å². The first-order valence-corrected chi connectivity index (χ1v) is 4.93. The van der Waals surface area contributed by atoms with Crippen LogP contribution < -0.4 is 0 Å². The molecule has 1 aromatic carbocycles. The van der Waals surface area contributed by atoms with E-state index in [4.69, 9.17) is 4.74 Å². The Bertz CT molecular complexity index is 377. The molecule has 0 aliphatic rings. The van der Waals surface area contributed by atoms with Crippen LogP contribution in [-0.4, -0.2) is 12.7 Å². The van der Waals surface area contributed by atoms with Crippen molar-refractivity contribution in [3.05, 3.63) is 48.0 Å². The fourth-order valence-corrected chi connectivity index (χ4v) is 0.957. The van der Waals surface area contributed by atoms with E-state index in [9.17, 15) is 0 Å². The van der Waals surface area contributed by atoms with Gasteiger partial charge in [0.1, 0.15) is 0 Å². The van der Waals surface area contributed by atoms with Crippen LogP contribution in [0.3, 0.4) is 0 Å². The SMILES string of the molecule is COC(C)(C)/C=C/C#Cc1ccccc1. The van der Waals surface area contributed by atoms with Crippen LogP contribution in [0.5, 0.6) is 0 Å². The van der Waals surface area contributed by atoms with Crippen LogP contribution in [0.4, 0.5) is 0 Å². The zero-order valence-corrected chi connectivity index (χ0v) is 9.45. The second-order valence-corrected chi connectivity index (χ2v) is 3.78. The number of benzene rings is 1. The summed E-state index contributed by atoms with van der Waals surface area (Å²) in [6.45, 7) is 3.99. The van der Waals surface area contributed by atoms with Crippen LogP contribution in [0.25, 0.3) is 0 Å². The summed E-state index contributed by atoms with van der Waals surface area (Å²) in [7, 11) is 1.69. The molecule has 0 aliphatic heterocycles. The molecule has 0 aliphatic carbocycles. The number of hydrogen-bond acceptors (Lipinski definition) is 1. The molecule has 0 saturated carbocycles. The van der Waals surface area contributed by atoms with Gasteiger partial charge in [0.25, 0.3) is 0 Å². The maximum absolute atomic E-state index is 5.24. The highest BCUT2D eigenvalue weighted by atomic mass is 16.5. The summed E-state index contributed by atoms with van der Waals surface area (Å²) in [4.78, 5) is 0. The molecule has 1 heteroatoms. The third kappa shape index (κ3) is 4.49. The average Bonchev–Trinajstić information content (AvgIpc) is 2.26. The topological polar surface area (TPSA) is 9.23 Å². The second-order valence-electron chi connectivity index (χ2n) is 3.78. The zero-order valence-electron chi connectivity index (χ0n) is 9.45. The van der Waals surface area contributed by atoms with E-state index < -0.39 is 0 Å². The smallest absolute Gasteiger partial charge is 0.0811 e. The summed E-state index contributed by atoms with van der Waals surface area (Å²) in [6, 6.07) is 9.92. The summed E-state index contributed by atoms with van der Waals surface area (Å²) >= 11 is 0. The van der Waals surface area contributed by atoms with Crippen molar-refractivity contribution in [3.63, 3.8) is 0 Å². The summed E-state index contributed by atoms with van der Waals surface area (Å²) in [5, 5.41) is 0. The standard InChI is InChI=1S/C14H16O/c1-14(2,15-3)12-8-7-11-13-9-5-4-6-10-13/h4-6,8-10,12H,1-3H3/b12-8+. The Morgan fingerprint density at radius 3 is 2.47 bits per heavy atom. The van der Waals surface area contributed by atoms with Crippen molar-refractivity contribution in [2.24, 2.45) is 0 Å². The lowest BCUT2D eigenvalue weighted by Gasteiger charge is -2.16. The lowest BCUT2D eigenvalue weighted by molar-refractivity contribution is 0.0656. The number of hydrogen-bond donors (Lipinski definition) is 0. The molecule has 78 valence electrons. The van der Waals surface area contributed by atoms with Crippen LogP contribution in [-0.2, 0) is 4.74 Å². The molecule has 0 saturated heterocycles. The summed E-state index contributed by atoms with van der Waals surface area (Å²) in [6.07, 6.45) is 3.78. The molecule has 1 nitrogen and oxygen atoms in total. The van der Waals surface area contributed by atoms with E-state index in [0.717, 1.165) is 5.56 Å². The summed E-state index contributed by atoms with van der Waals surface area (Å²) in [5.74, 6) is 6.03. The molecule has 0 N–H and O–H groups in total. The van der Waals surface area contributed by atoms with Crippen LogP contribution >= 0.6 is 0 Å². The highest BCUT2D eigenvalue weighted by Crippen LogP contribution is 2.08. The summed E-state index contributed by atoms with van der Waals surface area (Å²) < 4.78 is 5.24. The van der Waals surface area contributed by atoms with Gasteiger partial charge < -0.3 is 4.74 Å². The Kier molecular flexibility index (Phi) is 4.15. The van der Waals surface area contributed by atoms with E-state index >= 15 is 0 Å². The number of ether oxygens (including phenoxy) is 1. The van der Waals surface area contributed by atoms with Gasteiger partial charge in [-0.2, -0.15) is 0 Å². The van der Waals surface area contributed by atoms with Gasteiger partial charge in [0, 0.05) is 12.7 Å². The molecule has 0 unspecified atom stereocenters. The minimum Gasteiger partial charge on any atom is -0.375 e. The van der Waals surface area contributed by atoms with Crippen LogP contribution in [0.1, 0.15) is 19.4 Å². The molecule has 0 fully saturated rings. The van der Waals surface area contributed by atoms with Crippen LogP contribution in [0, 0.1) is 11.8 Å². The Balaban J connectivity index is 2.62. The van der Waals surface area contributed by atoms with Crippen molar-refractivity contribution in [1.82, 2.24) is 0 Å². The van der Waals surface area contributed by atoms with E-state index in [-0.39, 0.29) is 5.60 Å².